The van der Waals surface area contributed by atoms with E-state index in [0.29, 0.717) is 0 Å². The molecule has 2 N–H and O–H groups in total. The second-order valence-electron chi connectivity index (χ2n) is 5.91. The average molecular weight is 307 g/mol. The van der Waals surface area contributed by atoms with E-state index in [1.54, 1.807) is 13.3 Å². The van der Waals surface area contributed by atoms with Crippen molar-refractivity contribution in [3.8, 4) is 0 Å². The number of nitrogens with one attached hydrogen (secondary N) is 1. The number of hydrogen-bond donors (Lipinski definition) is 2. The number of rotatable bonds is 4. The molecule has 4 heteroatoms. The second-order valence-corrected chi connectivity index (χ2v) is 5.91. The quantitative estimate of drug-likeness (QED) is 0.770. The van der Waals surface area contributed by atoms with Crippen LogP contribution in [0.1, 0.15) is 29.7 Å². The van der Waals surface area contributed by atoms with Crippen molar-refractivity contribution in [2.45, 2.75) is 32.9 Å². The SMILES string of the molecule is Cc1cccc(C)c1C(Nc1ncnc2ccccc12)C(C)O. The smallest absolute Gasteiger partial charge is 0.137 e. The summed E-state index contributed by atoms with van der Waals surface area (Å²) in [6, 6.07) is 13.8. The van der Waals surface area contributed by atoms with E-state index in [1.807, 2.05) is 30.3 Å². The van der Waals surface area contributed by atoms with Gasteiger partial charge in [0.05, 0.1) is 17.7 Å². The molecule has 0 saturated heterocycles. The van der Waals surface area contributed by atoms with Gasteiger partial charge in [-0.1, -0.05) is 30.3 Å². The van der Waals surface area contributed by atoms with Gasteiger partial charge in [-0.2, -0.15) is 0 Å². The minimum Gasteiger partial charge on any atom is -0.391 e. The lowest BCUT2D eigenvalue weighted by atomic mass is 9.93. The van der Waals surface area contributed by atoms with Gasteiger partial charge in [-0.3, -0.25) is 0 Å². The number of aryl methyl sites for hydroxylation is 2. The van der Waals surface area contributed by atoms with E-state index in [4.69, 9.17) is 0 Å². The Balaban J connectivity index is 2.06. The Bertz CT molecular complexity index is 804. The fourth-order valence-electron chi connectivity index (χ4n) is 3.02. The Kier molecular flexibility index (Phi) is 4.26. The average Bonchev–Trinajstić information content (AvgIpc) is 2.53. The normalized spacial score (nSPS) is 13.7. The van der Waals surface area contributed by atoms with Crippen LogP contribution in [0, 0.1) is 13.8 Å². The number of aliphatic hydroxyl groups is 1. The van der Waals surface area contributed by atoms with Crippen LogP contribution in [0.5, 0.6) is 0 Å². The van der Waals surface area contributed by atoms with Crippen molar-refractivity contribution in [1.29, 1.82) is 0 Å². The summed E-state index contributed by atoms with van der Waals surface area (Å²) in [6.45, 7) is 5.93. The number of anilines is 1. The second kappa shape index (κ2) is 6.34. The van der Waals surface area contributed by atoms with Gasteiger partial charge in [0, 0.05) is 5.39 Å². The molecule has 23 heavy (non-hydrogen) atoms. The van der Waals surface area contributed by atoms with Crippen LogP contribution in [-0.4, -0.2) is 21.2 Å². The molecule has 0 amide bonds. The minimum absolute atomic E-state index is 0.227. The molecule has 0 spiro atoms. The van der Waals surface area contributed by atoms with E-state index in [2.05, 4.69) is 41.3 Å². The summed E-state index contributed by atoms with van der Waals surface area (Å²) in [5, 5.41) is 14.7. The zero-order valence-electron chi connectivity index (χ0n) is 13.6. The van der Waals surface area contributed by atoms with E-state index in [9.17, 15) is 5.11 Å². The minimum atomic E-state index is -0.552. The molecule has 0 radical (unpaired) electrons. The molecule has 118 valence electrons. The van der Waals surface area contributed by atoms with Crippen molar-refractivity contribution in [1.82, 2.24) is 9.97 Å². The fourth-order valence-corrected chi connectivity index (χ4v) is 3.02. The first-order chi connectivity index (χ1) is 11.1. The summed E-state index contributed by atoms with van der Waals surface area (Å²) in [4.78, 5) is 8.67. The summed E-state index contributed by atoms with van der Waals surface area (Å²) < 4.78 is 0. The van der Waals surface area contributed by atoms with Crippen LogP contribution < -0.4 is 5.32 Å². The molecule has 0 aliphatic rings. The van der Waals surface area contributed by atoms with Crippen molar-refractivity contribution in [2.24, 2.45) is 0 Å². The maximum absolute atomic E-state index is 10.3. The monoisotopic (exact) mass is 307 g/mol. The molecule has 1 heterocycles. The van der Waals surface area contributed by atoms with Crippen molar-refractivity contribution < 1.29 is 5.11 Å². The maximum atomic E-state index is 10.3. The van der Waals surface area contributed by atoms with E-state index in [-0.39, 0.29) is 6.04 Å². The zero-order chi connectivity index (χ0) is 16.4. The predicted molar refractivity (Wildman–Crippen MR) is 93.5 cm³/mol. The first kappa shape index (κ1) is 15.4. The highest BCUT2D eigenvalue weighted by atomic mass is 16.3. The van der Waals surface area contributed by atoms with Crippen molar-refractivity contribution in [3.63, 3.8) is 0 Å². The third-order valence-electron chi connectivity index (χ3n) is 4.17. The number of benzene rings is 2. The van der Waals surface area contributed by atoms with Gasteiger partial charge < -0.3 is 10.4 Å². The Morgan fingerprint density at radius 3 is 2.35 bits per heavy atom. The van der Waals surface area contributed by atoms with Crippen molar-refractivity contribution >= 4 is 16.7 Å². The van der Waals surface area contributed by atoms with Crippen LogP contribution in [0.3, 0.4) is 0 Å². The third kappa shape index (κ3) is 3.03. The fraction of sp³-hybridized carbons (Fsp3) is 0.263. The van der Waals surface area contributed by atoms with Gasteiger partial charge in [0.2, 0.25) is 0 Å². The lowest BCUT2D eigenvalue weighted by molar-refractivity contribution is 0.171. The Morgan fingerprint density at radius 1 is 0.957 bits per heavy atom. The van der Waals surface area contributed by atoms with Crippen LogP contribution in [0.25, 0.3) is 10.9 Å². The van der Waals surface area contributed by atoms with E-state index >= 15 is 0 Å². The van der Waals surface area contributed by atoms with Gasteiger partial charge in [-0.15, -0.1) is 0 Å². The summed E-state index contributed by atoms with van der Waals surface area (Å²) >= 11 is 0. The summed E-state index contributed by atoms with van der Waals surface area (Å²) in [6.07, 6.45) is 0.998. The number of nitrogens with zero attached hydrogens (tertiary/aromatic N) is 2. The molecule has 2 unspecified atom stereocenters. The molecule has 2 atom stereocenters. The van der Waals surface area contributed by atoms with Crippen LogP contribution in [0.2, 0.25) is 0 Å². The summed E-state index contributed by atoms with van der Waals surface area (Å²) in [7, 11) is 0. The molecule has 0 bridgehead atoms. The van der Waals surface area contributed by atoms with Crippen LogP contribution in [-0.2, 0) is 0 Å². The Labute approximate surface area is 136 Å². The lowest BCUT2D eigenvalue weighted by Crippen LogP contribution is -2.25. The summed E-state index contributed by atoms with van der Waals surface area (Å²) in [5.41, 5.74) is 4.31. The molecule has 4 nitrogen and oxygen atoms in total. The summed E-state index contributed by atoms with van der Waals surface area (Å²) in [5.74, 6) is 0.740. The highest BCUT2D eigenvalue weighted by molar-refractivity contribution is 5.88. The van der Waals surface area contributed by atoms with E-state index in [1.165, 1.54) is 0 Å². The largest absolute Gasteiger partial charge is 0.391 e. The van der Waals surface area contributed by atoms with Crippen LogP contribution in [0.15, 0.2) is 48.8 Å². The number of aromatic nitrogens is 2. The van der Waals surface area contributed by atoms with E-state index < -0.39 is 6.10 Å². The maximum Gasteiger partial charge on any atom is 0.137 e. The molecule has 0 aliphatic carbocycles. The van der Waals surface area contributed by atoms with Gasteiger partial charge in [0.15, 0.2) is 0 Å². The highest BCUT2D eigenvalue weighted by Crippen LogP contribution is 2.30. The molecular weight excluding hydrogens is 286 g/mol. The number of hydrogen-bond acceptors (Lipinski definition) is 4. The lowest BCUT2D eigenvalue weighted by Gasteiger charge is -2.26. The molecule has 2 aromatic carbocycles. The molecule has 0 aliphatic heterocycles. The molecule has 1 aromatic heterocycles. The van der Waals surface area contributed by atoms with Gasteiger partial charge in [0.25, 0.3) is 0 Å². The number of fused-ring (bicyclic) bond motifs is 1. The van der Waals surface area contributed by atoms with Crippen LogP contribution >= 0.6 is 0 Å². The molecular formula is C19H21N3O. The molecule has 0 fully saturated rings. The topological polar surface area (TPSA) is 58.0 Å². The standard InChI is InChI=1S/C19H21N3O/c1-12-7-6-8-13(2)17(12)18(14(3)23)22-19-15-9-4-5-10-16(15)20-11-21-19/h4-11,14,18,23H,1-3H3,(H,20,21,22). The number of aliphatic hydroxyl groups excluding tert-OH is 1. The molecule has 3 aromatic rings. The molecule has 3 rings (SSSR count). The number of para-hydroxylation sites is 1. The van der Waals surface area contributed by atoms with Gasteiger partial charge in [-0.25, -0.2) is 9.97 Å². The Morgan fingerprint density at radius 2 is 1.65 bits per heavy atom. The highest BCUT2D eigenvalue weighted by Gasteiger charge is 2.22. The Hall–Kier alpha value is -2.46. The van der Waals surface area contributed by atoms with Crippen molar-refractivity contribution in [2.75, 3.05) is 5.32 Å². The van der Waals surface area contributed by atoms with Gasteiger partial charge in [0.1, 0.15) is 12.1 Å². The van der Waals surface area contributed by atoms with Crippen LogP contribution in [0.4, 0.5) is 5.82 Å². The first-order valence-corrected chi connectivity index (χ1v) is 7.78. The predicted octanol–water partition coefficient (Wildman–Crippen LogP) is 3.78. The van der Waals surface area contributed by atoms with Gasteiger partial charge >= 0.3 is 0 Å². The van der Waals surface area contributed by atoms with Crippen molar-refractivity contribution in [3.05, 3.63) is 65.5 Å². The molecule has 0 saturated carbocycles. The van der Waals surface area contributed by atoms with E-state index in [0.717, 1.165) is 33.4 Å². The zero-order valence-corrected chi connectivity index (χ0v) is 13.6. The third-order valence-corrected chi connectivity index (χ3v) is 4.17. The van der Waals surface area contributed by atoms with Gasteiger partial charge in [-0.05, 0) is 49.6 Å². The first-order valence-electron chi connectivity index (χ1n) is 7.78.